The zero-order valence-corrected chi connectivity index (χ0v) is 14.8. The molecule has 132 valence electrons. The van der Waals surface area contributed by atoms with Gasteiger partial charge in [0.1, 0.15) is 12.1 Å². The largest absolute Gasteiger partial charge is 0.465 e. The average Bonchev–Trinajstić information content (AvgIpc) is 2.89. The Kier molecular flexibility index (Phi) is 6.22. The van der Waals surface area contributed by atoms with E-state index >= 15 is 0 Å². The molecule has 0 radical (unpaired) electrons. The molecule has 2 rings (SSSR count). The van der Waals surface area contributed by atoms with Gasteiger partial charge in [-0.05, 0) is 32.8 Å². The molecule has 2 aromatic rings. The maximum atomic E-state index is 10.5. The number of rotatable bonds is 8. The molecule has 1 amide bonds. The Morgan fingerprint density at radius 3 is 2.75 bits per heavy atom. The van der Waals surface area contributed by atoms with Crippen molar-refractivity contribution >= 4 is 28.7 Å². The van der Waals surface area contributed by atoms with Crippen LogP contribution in [0.1, 0.15) is 30.4 Å². The van der Waals surface area contributed by atoms with Gasteiger partial charge < -0.3 is 20.6 Å². The summed E-state index contributed by atoms with van der Waals surface area (Å²) >= 11 is 6.24. The second-order valence-electron chi connectivity index (χ2n) is 5.30. The Labute approximate surface area is 145 Å². The van der Waals surface area contributed by atoms with Crippen LogP contribution in [0.15, 0.2) is 0 Å². The van der Waals surface area contributed by atoms with Crippen molar-refractivity contribution in [2.75, 3.05) is 25.1 Å². The minimum atomic E-state index is -1.02. The van der Waals surface area contributed by atoms with Crippen molar-refractivity contribution in [2.24, 2.45) is 0 Å². The second kappa shape index (κ2) is 8.16. The molecule has 9 heteroatoms. The molecule has 0 saturated heterocycles. The fourth-order valence-corrected chi connectivity index (χ4v) is 2.61. The van der Waals surface area contributed by atoms with Gasteiger partial charge in [0.15, 0.2) is 11.0 Å². The van der Waals surface area contributed by atoms with Gasteiger partial charge in [-0.2, -0.15) is 0 Å². The third kappa shape index (κ3) is 4.07. The summed E-state index contributed by atoms with van der Waals surface area (Å²) < 4.78 is 7.34. The minimum absolute atomic E-state index is 0.348. The Balaban J connectivity index is 2.28. The third-order valence-corrected chi connectivity index (χ3v) is 3.90. The van der Waals surface area contributed by atoms with Crippen LogP contribution in [0.25, 0.3) is 11.0 Å². The fourth-order valence-electron chi connectivity index (χ4n) is 2.35. The maximum absolute atomic E-state index is 10.5. The van der Waals surface area contributed by atoms with E-state index in [2.05, 4.69) is 20.7 Å². The molecule has 0 fully saturated rings. The van der Waals surface area contributed by atoms with Gasteiger partial charge in [0.2, 0.25) is 0 Å². The van der Waals surface area contributed by atoms with Gasteiger partial charge in [-0.15, -0.1) is 0 Å². The molecule has 2 heterocycles. The predicted octanol–water partition coefficient (Wildman–Crippen LogP) is 2.44. The van der Waals surface area contributed by atoms with Crippen LogP contribution >= 0.6 is 11.6 Å². The standard InChI is InChI=1S/C15H22ClN5O3/c1-4-24-8-11-20-12-13(9(2)10(3)19-14(12)16)21(11)18-7-5-6-17-15(22)23/h17-18H,4-8H2,1-3H3,(H,22,23). The average molecular weight is 356 g/mol. The highest BCUT2D eigenvalue weighted by atomic mass is 35.5. The van der Waals surface area contributed by atoms with Crippen molar-refractivity contribution in [1.82, 2.24) is 20.0 Å². The van der Waals surface area contributed by atoms with E-state index in [0.29, 0.717) is 49.2 Å². The van der Waals surface area contributed by atoms with Crippen molar-refractivity contribution < 1.29 is 14.6 Å². The molecule has 0 aromatic carbocycles. The van der Waals surface area contributed by atoms with Crippen LogP contribution in [0.5, 0.6) is 0 Å². The lowest BCUT2D eigenvalue weighted by Crippen LogP contribution is -2.26. The van der Waals surface area contributed by atoms with Gasteiger partial charge >= 0.3 is 6.09 Å². The summed E-state index contributed by atoms with van der Waals surface area (Å²) in [5, 5.41) is 11.3. The van der Waals surface area contributed by atoms with E-state index in [9.17, 15) is 4.79 Å². The molecular formula is C15H22ClN5O3. The van der Waals surface area contributed by atoms with E-state index in [1.165, 1.54) is 0 Å². The number of hydrogen-bond acceptors (Lipinski definition) is 5. The van der Waals surface area contributed by atoms with Gasteiger partial charge in [0.25, 0.3) is 0 Å². The first kappa shape index (κ1) is 18.3. The Hall–Kier alpha value is -2.06. The fraction of sp³-hybridized carbons (Fsp3) is 0.533. The lowest BCUT2D eigenvalue weighted by Gasteiger charge is -2.14. The number of imidazole rings is 1. The van der Waals surface area contributed by atoms with E-state index in [1.54, 1.807) is 0 Å². The number of aromatic nitrogens is 3. The molecule has 3 N–H and O–H groups in total. The summed E-state index contributed by atoms with van der Waals surface area (Å²) in [6, 6.07) is 0. The molecule has 0 bridgehead atoms. The van der Waals surface area contributed by atoms with Gasteiger partial charge in [-0.25, -0.2) is 19.4 Å². The van der Waals surface area contributed by atoms with Crippen LogP contribution in [0.2, 0.25) is 5.15 Å². The van der Waals surface area contributed by atoms with Crippen LogP contribution in [0, 0.1) is 13.8 Å². The summed E-state index contributed by atoms with van der Waals surface area (Å²) in [6.07, 6.45) is -0.388. The Bertz CT molecular complexity index is 732. The van der Waals surface area contributed by atoms with Gasteiger partial charge in [-0.3, -0.25) is 0 Å². The van der Waals surface area contributed by atoms with Gasteiger partial charge in [0, 0.05) is 25.4 Å². The number of halogens is 1. The quantitative estimate of drug-likeness (QED) is 0.496. The molecule has 0 unspecified atom stereocenters. The molecule has 24 heavy (non-hydrogen) atoms. The molecule has 0 aliphatic rings. The summed E-state index contributed by atoms with van der Waals surface area (Å²) in [7, 11) is 0. The van der Waals surface area contributed by atoms with Crippen molar-refractivity contribution in [2.45, 2.75) is 33.8 Å². The first-order chi connectivity index (χ1) is 11.5. The van der Waals surface area contributed by atoms with E-state index in [0.717, 1.165) is 16.8 Å². The van der Waals surface area contributed by atoms with Crippen LogP contribution in [-0.2, 0) is 11.3 Å². The number of carbonyl (C=O) groups is 1. The smallest absolute Gasteiger partial charge is 0.404 e. The molecule has 8 nitrogen and oxygen atoms in total. The van der Waals surface area contributed by atoms with Gasteiger partial charge in [0.05, 0.1) is 5.52 Å². The summed E-state index contributed by atoms with van der Waals surface area (Å²) in [4.78, 5) is 19.3. The summed E-state index contributed by atoms with van der Waals surface area (Å²) in [6.45, 7) is 7.66. The number of carboxylic acid groups (broad SMARTS) is 1. The molecule has 0 aliphatic carbocycles. The number of ether oxygens (including phenoxy) is 1. The topological polar surface area (TPSA) is 101 Å². The normalized spacial score (nSPS) is 11.0. The second-order valence-corrected chi connectivity index (χ2v) is 5.66. The first-order valence-electron chi connectivity index (χ1n) is 7.78. The van der Waals surface area contributed by atoms with Crippen LogP contribution in [0.3, 0.4) is 0 Å². The highest BCUT2D eigenvalue weighted by molar-refractivity contribution is 6.33. The van der Waals surface area contributed by atoms with Crippen molar-refractivity contribution in [3.63, 3.8) is 0 Å². The van der Waals surface area contributed by atoms with E-state index in [4.69, 9.17) is 21.4 Å². The van der Waals surface area contributed by atoms with Crippen molar-refractivity contribution in [3.05, 3.63) is 22.2 Å². The maximum Gasteiger partial charge on any atom is 0.404 e. The first-order valence-corrected chi connectivity index (χ1v) is 8.16. The Morgan fingerprint density at radius 1 is 1.33 bits per heavy atom. The van der Waals surface area contributed by atoms with Crippen LogP contribution in [-0.4, -0.2) is 45.5 Å². The predicted molar refractivity (Wildman–Crippen MR) is 92.2 cm³/mol. The van der Waals surface area contributed by atoms with E-state index < -0.39 is 6.09 Å². The molecular weight excluding hydrogens is 334 g/mol. The molecule has 2 aromatic heterocycles. The summed E-state index contributed by atoms with van der Waals surface area (Å²) in [5.41, 5.74) is 6.59. The van der Waals surface area contributed by atoms with E-state index in [-0.39, 0.29) is 0 Å². The SMILES string of the molecule is CCOCc1nc2c(Cl)nc(C)c(C)c2n1NCCCNC(=O)O. The molecule has 0 saturated carbocycles. The lowest BCUT2D eigenvalue weighted by atomic mass is 10.2. The number of pyridine rings is 1. The third-order valence-electron chi connectivity index (χ3n) is 3.64. The van der Waals surface area contributed by atoms with Crippen molar-refractivity contribution in [1.29, 1.82) is 0 Å². The minimum Gasteiger partial charge on any atom is -0.465 e. The Morgan fingerprint density at radius 2 is 2.08 bits per heavy atom. The molecule has 0 spiro atoms. The summed E-state index contributed by atoms with van der Waals surface area (Å²) in [5.74, 6) is 0.704. The lowest BCUT2D eigenvalue weighted by molar-refractivity contribution is 0.127. The zero-order valence-electron chi connectivity index (χ0n) is 14.0. The number of aryl methyl sites for hydroxylation is 2. The number of hydrogen-bond donors (Lipinski definition) is 3. The van der Waals surface area contributed by atoms with Crippen molar-refractivity contribution in [3.8, 4) is 0 Å². The number of nitrogens with one attached hydrogen (secondary N) is 2. The zero-order chi connectivity index (χ0) is 17.7. The molecule has 0 aliphatic heterocycles. The highest BCUT2D eigenvalue weighted by Crippen LogP contribution is 2.26. The highest BCUT2D eigenvalue weighted by Gasteiger charge is 2.18. The van der Waals surface area contributed by atoms with Crippen LogP contribution < -0.4 is 10.7 Å². The van der Waals surface area contributed by atoms with Gasteiger partial charge in [-0.1, -0.05) is 11.6 Å². The number of nitrogens with zero attached hydrogens (tertiary/aromatic N) is 3. The molecule has 0 atom stereocenters. The van der Waals surface area contributed by atoms with E-state index in [1.807, 2.05) is 25.4 Å². The van der Waals surface area contributed by atoms with Crippen LogP contribution in [0.4, 0.5) is 4.79 Å². The number of fused-ring (bicyclic) bond motifs is 1. The monoisotopic (exact) mass is 355 g/mol. The number of amides is 1.